The molecule has 0 aliphatic heterocycles. The third kappa shape index (κ3) is 6.77. The summed E-state index contributed by atoms with van der Waals surface area (Å²) in [7, 11) is 0. The van der Waals surface area contributed by atoms with Gasteiger partial charge in [-0.25, -0.2) is 4.79 Å². The minimum Gasteiger partial charge on any atom is -0.508 e. The van der Waals surface area contributed by atoms with Crippen LogP contribution in [0.15, 0.2) is 48.5 Å². The van der Waals surface area contributed by atoms with Crippen molar-refractivity contribution < 1.29 is 24.2 Å². The predicted molar refractivity (Wildman–Crippen MR) is 121 cm³/mol. The summed E-state index contributed by atoms with van der Waals surface area (Å²) >= 11 is 0. The van der Waals surface area contributed by atoms with Gasteiger partial charge in [0.1, 0.15) is 23.9 Å². The standard InChI is InChI=1S/C24H27N3O5/c1-6-27(20(29)15-25-23(31)32-24(3,4)5)21(17-11-9-12-18(28)14-17)22(30)26-19-13-8-7-10-16(19)2/h1,7-14,21,28H,15H2,2-5H3,(H,25,31)(H,26,30). The van der Waals surface area contributed by atoms with Crippen LogP contribution in [0, 0.1) is 19.4 Å². The first-order valence-electron chi connectivity index (χ1n) is 9.92. The highest BCUT2D eigenvalue weighted by Gasteiger charge is 2.31. The molecular formula is C24H27N3O5. The highest BCUT2D eigenvalue weighted by molar-refractivity contribution is 5.99. The molecule has 8 heteroatoms. The van der Waals surface area contributed by atoms with Crippen molar-refractivity contribution in [2.45, 2.75) is 39.3 Å². The molecule has 0 saturated carbocycles. The molecule has 1 unspecified atom stereocenters. The number of anilines is 1. The van der Waals surface area contributed by atoms with E-state index in [0.29, 0.717) is 11.3 Å². The van der Waals surface area contributed by atoms with Gasteiger partial charge in [-0.2, -0.15) is 0 Å². The molecule has 0 radical (unpaired) electrons. The number of hydrogen-bond donors (Lipinski definition) is 3. The van der Waals surface area contributed by atoms with E-state index in [4.69, 9.17) is 11.2 Å². The first-order valence-corrected chi connectivity index (χ1v) is 9.92. The molecule has 0 fully saturated rings. The molecule has 0 aliphatic carbocycles. The summed E-state index contributed by atoms with van der Waals surface area (Å²) in [5.74, 6) is -1.37. The van der Waals surface area contributed by atoms with Gasteiger partial charge in [0.15, 0.2) is 0 Å². The average Bonchev–Trinajstić information content (AvgIpc) is 2.70. The molecule has 0 heterocycles. The zero-order chi connectivity index (χ0) is 23.9. The van der Waals surface area contributed by atoms with Crippen molar-refractivity contribution in [1.82, 2.24) is 10.2 Å². The molecule has 0 aromatic heterocycles. The van der Waals surface area contributed by atoms with E-state index in [-0.39, 0.29) is 5.75 Å². The Morgan fingerprint density at radius 3 is 2.44 bits per heavy atom. The lowest BCUT2D eigenvalue weighted by Gasteiger charge is -2.27. The quantitative estimate of drug-likeness (QED) is 0.475. The van der Waals surface area contributed by atoms with Crippen LogP contribution in [0.2, 0.25) is 0 Å². The summed E-state index contributed by atoms with van der Waals surface area (Å²) in [5, 5.41) is 15.0. The minimum absolute atomic E-state index is 0.0903. The molecule has 168 valence electrons. The Labute approximate surface area is 187 Å². The number of terminal acetylenes is 1. The van der Waals surface area contributed by atoms with Crippen molar-refractivity contribution in [2.24, 2.45) is 0 Å². The number of para-hydroxylation sites is 1. The van der Waals surface area contributed by atoms with Crippen molar-refractivity contribution in [1.29, 1.82) is 0 Å². The second kappa shape index (κ2) is 10.4. The van der Waals surface area contributed by atoms with Crippen LogP contribution in [0.1, 0.15) is 37.9 Å². The van der Waals surface area contributed by atoms with Crippen molar-refractivity contribution >= 4 is 23.6 Å². The van der Waals surface area contributed by atoms with Crippen molar-refractivity contribution in [3.8, 4) is 18.2 Å². The summed E-state index contributed by atoms with van der Waals surface area (Å²) in [6, 6.07) is 14.0. The van der Waals surface area contributed by atoms with Crippen molar-refractivity contribution in [3.05, 3.63) is 59.7 Å². The van der Waals surface area contributed by atoms with E-state index < -0.39 is 36.1 Å². The minimum atomic E-state index is -1.25. The summed E-state index contributed by atoms with van der Waals surface area (Å²) in [6.45, 7) is 6.42. The van der Waals surface area contributed by atoms with Gasteiger partial charge in [0.2, 0.25) is 0 Å². The Bertz CT molecular complexity index is 1040. The zero-order valence-corrected chi connectivity index (χ0v) is 18.5. The van der Waals surface area contributed by atoms with Crippen LogP contribution in [0.25, 0.3) is 0 Å². The normalized spacial score (nSPS) is 11.6. The lowest BCUT2D eigenvalue weighted by molar-refractivity contribution is -0.134. The Hall–Kier alpha value is -3.99. The lowest BCUT2D eigenvalue weighted by atomic mass is 10.0. The van der Waals surface area contributed by atoms with Gasteiger partial charge in [-0.1, -0.05) is 36.8 Å². The molecule has 1 atom stereocenters. The summed E-state index contributed by atoms with van der Waals surface area (Å²) in [5.41, 5.74) is 0.940. The highest BCUT2D eigenvalue weighted by atomic mass is 16.6. The van der Waals surface area contributed by atoms with E-state index in [9.17, 15) is 19.5 Å². The summed E-state index contributed by atoms with van der Waals surface area (Å²) in [6.07, 6.45) is 4.80. The van der Waals surface area contributed by atoms with Crippen LogP contribution in [-0.4, -0.2) is 40.1 Å². The predicted octanol–water partition coefficient (Wildman–Crippen LogP) is 3.32. The van der Waals surface area contributed by atoms with Crippen LogP contribution in [0.5, 0.6) is 5.75 Å². The lowest BCUT2D eigenvalue weighted by Crippen LogP contribution is -2.44. The van der Waals surface area contributed by atoms with Crippen LogP contribution in [-0.2, 0) is 14.3 Å². The number of phenolic OH excluding ortho intramolecular Hbond substituents is 1. The highest BCUT2D eigenvalue weighted by Crippen LogP contribution is 2.26. The van der Waals surface area contributed by atoms with Gasteiger partial charge in [-0.3, -0.25) is 14.5 Å². The Morgan fingerprint density at radius 2 is 1.84 bits per heavy atom. The number of aryl methyl sites for hydroxylation is 1. The van der Waals surface area contributed by atoms with Gasteiger partial charge in [-0.15, -0.1) is 0 Å². The molecule has 0 spiro atoms. The molecule has 2 rings (SSSR count). The number of nitrogens with one attached hydrogen (secondary N) is 2. The zero-order valence-electron chi connectivity index (χ0n) is 18.5. The van der Waals surface area contributed by atoms with Gasteiger partial charge in [0, 0.05) is 11.7 Å². The number of phenols is 1. The second-order valence-corrected chi connectivity index (χ2v) is 8.05. The average molecular weight is 437 g/mol. The maximum absolute atomic E-state index is 13.2. The number of carbonyl (C=O) groups is 3. The van der Waals surface area contributed by atoms with E-state index >= 15 is 0 Å². The molecule has 0 aliphatic rings. The molecular weight excluding hydrogens is 410 g/mol. The second-order valence-electron chi connectivity index (χ2n) is 8.05. The van der Waals surface area contributed by atoms with E-state index in [1.54, 1.807) is 39.0 Å². The molecule has 0 bridgehead atoms. The van der Waals surface area contributed by atoms with E-state index in [1.165, 1.54) is 18.2 Å². The fraction of sp³-hybridized carbons (Fsp3) is 0.292. The number of carbonyl (C=O) groups excluding carboxylic acids is 3. The van der Waals surface area contributed by atoms with E-state index in [1.807, 2.05) is 19.1 Å². The van der Waals surface area contributed by atoms with Gasteiger partial charge >= 0.3 is 6.09 Å². The van der Waals surface area contributed by atoms with Crippen LogP contribution in [0.4, 0.5) is 10.5 Å². The first kappa shape index (κ1) is 24.3. The number of aromatic hydroxyl groups is 1. The Balaban J connectivity index is 2.29. The van der Waals surface area contributed by atoms with E-state index in [2.05, 4.69) is 16.7 Å². The first-order chi connectivity index (χ1) is 15.0. The Morgan fingerprint density at radius 1 is 1.16 bits per heavy atom. The van der Waals surface area contributed by atoms with E-state index in [0.717, 1.165) is 10.5 Å². The number of hydrogen-bond acceptors (Lipinski definition) is 5. The SMILES string of the molecule is C#CN(C(=O)CNC(=O)OC(C)(C)C)C(C(=O)Nc1ccccc1C)c1cccc(O)c1. The third-order valence-electron chi connectivity index (χ3n) is 4.29. The third-order valence-corrected chi connectivity index (χ3v) is 4.29. The van der Waals surface area contributed by atoms with Gasteiger partial charge in [0.25, 0.3) is 11.8 Å². The maximum Gasteiger partial charge on any atom is 0.408 e. The molecule has 2 aromatic carbocycles. The topological polar surface area (TPSA) is 108 Å². The number of rotatable bonds is 6. The van der Waals surface area contributed by atoms with Crippen molar-refractivity contribution in [2.75, 3.05) is 11.9 Å². The molecule has 32 heavy (non-hydrogen) atoms. The molecule has 2 aromatic rings. The number of ether oxygens (including phenoxy) is 1. The van der Waals surface area contributed by atoms with Gasteiger partial charge in [0.05, 0.1) is 0 Å². The number of alkyl carbamates (subject to hydrolysis) is 1. The summed E-state index contributed by atoms with van der Waals surface area (Å²) in [4.78, 5) is 38.8. The summed E-state index contributed by atoms with van der Waals surface area (Å²) < 4.78 is 5.12. The van der Waals surface area contributed by atoms with Gasteiger partial charge < -0.3 is 20.5 Å². The molecule has 8 nitrogen and oxygen atoms in total. The molecule has 3 N–H and O–H groups in total. The molecule has 0 saturated heterocycles. The van der Waals surface area contributed by atoms with Crippen LogP contribution < -0.4 is 10.6 Å². The number of nitrogens with zero attached hydrogens (tertiary/aromatic N) is 1. The number of benzene rings is 2. The number of amides is 3. The van der Waals surface area contributed by atoms with Crippen LogP contribution >= 0.6 is 0 Å². The van der Waals surface area contributed by atoms with Gasteiger partial charge in [-0.05, 0) is 57.0 Å². The maximum atomic E-state index is 13.2. The molecule has 3 amide bonds. The van der Waals surface area contributed by atoms with Crippen LogP contribution in [0.3, 0.4) is 0 Å². The monoisotopic (exact) mass is 437 g/mol. The fourth-order valence-electron chi connectivity index (χ4n) is 2.86. The smallest absolute Gasteiger partial charge is 0.408 e. The largest absolute Gasteiger partial charge is 0.508 e. The Kier molecular flexibility index (Phi) is 7.86. The fourth-order valence-corrected chi connectivity index (χ4v) is 2.86. The van der Waals surface area contributed by atoms with Crippen molar-refractivity contribution in [3.63, 3.8) is 0 Å².